The van der Waals surface area contributed by atoms with Crippen molar-refractivity contribution in [2.45, 2.75) is 31.8 Å². The maximum atomic E-state index is 12.5. The highest BCUT2D eigenvalue weighted by Crippen LogP contribution is 2.33. The fourth-order valence-corrected chi connectivity index (χ4v) is 5.10. The van der Waals surface area contributed by atoms with Crippen LogP contribution in [0.4, 0.5) is 5.69 Å². The van der Waals surface area contributed by atoms with E-state index >= 15 is 0 Å². The quantitative estimate of drug-likeness (QED) is 0.547. The standard InChI is InChI=1S/C22H22ClN7OS/c1-12-9-15(6-7-16(12)23)30-20(24)19-13(2)27-28-21(19)26-22(30)32-11-14-10-18(31)29-8-4-3-5-17(29)25-14/h3-10,13,19,21,24,27-28H,11H2,1-2H3. The summed E-state index contributed by atoms with van der Waals surface area (Å²) in [5.74, 6) is 0.820. The molecule has 8 nitrogen and oxygen atoms in total. The zero-order valence-electron chi connectivity index (χ0n) is 17.5. The number of rotatable bonds is 3. The zero-order chi connectivity index (χ0) is 22.4. The minimum atomic E-state index is -0.222. The van der Waals surface area contributed by atoms with Crippen LogP contribution in [0.25, 0.3) is 5.65 Å². The Morgan fingerprint density at radius 2 is 2.06 bits per heavy atom. The van der Waals surface area contributed by atoms with Gasteiger partial charge in [-0.05, 0) is 49.7 Å². The van der Waals surface area contributed by atoms with Crippen LogP contribution in [0.3, 0.4) is 0 Å². The fraction of sp³-hybridized carbons (Fsp3) is 0.273. The molecule has 0 radical (unpaired) electrons. The molecule has 0 spiro atoms. The van der Waals surface area contributed by atoms with Crippen LogP contribution in [0.5, 0.6) is 0 Å². The molecule has 0 saturated carbocycles. The number of anilines is 1. The maximum absolute atomic E-state index is 12.5. The smallest absolute Gasteiger partial charge is 0.258 e. The maximum Gasteiger partial charge on any atom is 0.258 e. The Kier molecular flexibility index (Phi) is 5.50. The first kappa shape index (κ1) is 21.1. The molecule has 3 atom stereocenters. The normalized spacial score (nSPS) is 22.8. The van der Waals surface area contributed by atoms with Crippen molar-refractivity contribution in [1.82, 2.24) is 20.2 Å². The van der Waals surface area contributed by atoms with Gasteiger partial charge in [-0.15, -0.1) is 0 Å². The van der Waals surface area contributed by atoms with Crippen molar-refractivity contribution in [1.29, 1.82) is 5.41 Å². The van der Waals surface area contributed by atoms with Crippen LogP contribution in [-0.2, 0) is 5.75 Å². The van der Waals surface area contributed by atoms with Crippen LogP contribution in [0, 0.1) is 18.3 Å². The van der Waals surface area contributed by atoms with E-state index in [-0.39, 0.29) is 23.7 Å². The number of halogens is 1. The predicted octanol–water partition coefficient (Wildman–Crippen LogP) is 3.18. The Morgan fingerprint density at radius 3 is 2.88 bits per heavy atom. The Hall–Kier alpha value is -2.72. The molecule has 1 saturated heterocycles. The van der Waals surface area contributed by atoms with E-state index in [9.17, 15) is 4.79 Å². The highest BCUT2D eigenvalue weighted by Gasteiger charge is 2.43. The molecule has 32 heavy (non-hydrogen) atoms. The number of hydrazine groups is 1. The van der Waals surface area contributed by atoms with E-state index in [0.29, 0.717) is 33.1 Å². The highest BCUT2D eigenvalue weighted by atomic mass is 35.5. The lowest BCUT2D eigenvalue weighted by molar-refractivity contribution is 0.536. The summed E-state index contributed by atoms with van der Waals surface area (Å²) >= 11 is 7.70. The van der Waals surface area contributed by atoms with Crippen molar-refractivity contribution < 1.29 is 0 Å². The van der Waals surface area contributed by atoms with Gasteiger partial charge in [-0.3, -0.25) is 24.9 Å². The van der Waals surface area contributed by atoms with Gasteiger partial charge < -0.3 is 0 Å². The first-order valence-electron chi connectivity index (χ1n) is 10.3. The Morgan fingerprint density at radius 1 is 1.22 bits per heavy atom. The van der Waals surface area contributed by atoms with Gasteiger partial charge in [0.1, 0.15) is 17.6 Å². The second-order valence-corrected chi connectivity index (χ2v) is 9.27. The third-order valence-corrected chi connectivity index (χ3v) is 7.12. The van der Waals surface area contributed by atoms with E-state index < -0.39 is 0 Å². The summed E-state index contributed by atoms with van der Waals surface area (Å²) in [4.78, 5) is 23.8. The van der Waals surface area contributed by atoms with Crippen LogP contribution in [-0.4, -0.2) is 32.6 Å². The molecular weight excluding hydrogens is 446 g/mol. The summed E-state index contributed by atoms with van der Waals surface area (Å²) in [5.41, 5.74) is 9.31. The molecule has 5 rings (SSSR count). The van der Waals surface area contributed by atoms with Gasteiger partial charge in [0.2, 0.25) is 0 Å². The van der Waals surface area contributed by atoms with Crippen molar-refractivity contribution in [3.8, 4) is 0 Å². The number of pyridine rings is 1. The summed E-state index contributed by atoms with van der Waals surface area (Å²) < 4.78 is 1.52. The van der Waals surface area contributed by atoms with E-state index in [1.165, 1.54) is 16.2 Å². The number of nitrogens with one attached hydrogen (secondary N) is 3. The van der Waals surface area contributed by atoms with Crippen LogP contribution >= 0.6 is 23.4 Å². The summed E-state index contributed by atoms with van der Waals surface area (Å²) in [6.45, 7) is 3.98. The summed E-state index contributed by atoms with van der Waals surface area (Å²) in [6.07, 6.45) is 1.48. The first-order valence-corrected chi connectivity index (χ1v) is 11.6. The number of aromatic nitrogens is 2. The van der Waals surface area contributed by atoms with Gasteiger partial charge in [0.25, 0.3) is 5.56 Å². The molecule has 2 aliphatic rings. The molecule has 3 aromatic rings. The molecule has 164 valence electrons. The average molecular weight is 468 g/mol. The summed E-state index contributed by atoms with van der Waals surface area (Å²) in [5, 5.41) is 10.3. The van der Waals surface area contributed by atoms with E-state index in [1.54, 1.807) is 18.3 Å². The van der Waals surface area contributed by atoms with Crippen LogP contribution in [0.15, 0.2) is 58.4 Å². The lowest BCUT2D eigenvalue weighted by atomic mass is 9.97. The highest BCUT2D eigenvalue weighted by molar-refractivity contribution is 8.13. The molecule has 3 N–H and O–H groups in total. The molecule has 0 amide bonds. The predicted molar refractivity (Wildman–Crippen MR) is 130 cm³/mol. The second-order valence-electron chi connectivity index (χ2n) is 7.92. The Labute approximate surface area is 194 Å². The molecule has 3 unspecified atom stereocenters. The van der Waals surface area contributed by atoms with E-state index in [4.69, 9.17) is 22.0 Å². The van der Waals surface area contributed by atoms with Crippen molar-refractivity contribution >= 4 is 45.7 Å². The number of hydrogen-bond donors (Lipinski definition) is 3. The van der Waals surface area contributed by atoms with Crippen LogP contribution < -0.4 is 21.3 Å². The lowest BCUT2D eigenvalue weighted by Crippen LogP contribution is -2.50. The van der Waals surface area contributed by atoms with E-state index in [1.807, 2.05) is 49.1 Å². The molecule has 1 aromatic carbocycles. The molecule has 10 heteroatoms. The number of aryl methyl sites for hydroxylation is 1. The second kappa shape index (κ2) is 8.32. The largest absolute Gasteiger partial charge is 0.287 e. The number of aliphatic imine (C=N–C) groups is 1. The zero-order valence-corrected chi connectivity index (χ0v) is 19.1. The molecule has 0 aliphatic carbocycles. The van der Waals surface area contributed by atoms with Gasteiger partial charge in [0, 0.05) is 34.8 Å². The van der Waals surface area contributed by atoms with Gasteiger partial charge >= 0.3 is 0 Å². The van der Waals surface area contributed by atoms with Crippen molar-refractivity contribution in [2.75, 3.05) is 4.90 Å². The number of thioether (sulfide) groups is 1. The molecule has 4 heterocycles. The molecule has 2 aromatic heterocycles. The fourth-order valence-electron chi connectivity index (χ4n) is 4.03. The Balaban J connectivity index is 1.49. The minimum Gasteiger partial charge on any atom is -0.287 e. The number of hydrogen-bond acceptors (Lipinski definition) is 7. The molecule has 1 fully saturated rings. The topological polar surface area (TPSA) is 97.9 Å². The van der Waals surface area contributed by atoms with Crippen LogP contribution in [0.1, 0.15) is 18.2 Å². The Bertz CT molecular complexity index is 1310. The first-order chi connectivity index (χ1) is 15.4. The number of benzene rings is 1. The summed E-state index contributed by atoms with van der Waals surface area (Å²) in [7, 11) is 0. The van der Waals surface area contributed by atoms with E-state index in [0.717, 1.165) is 11.3 Å². The van der Waals surface area contributed by atoms with Gasteiger partial charge in [-0.2, -0.15) is 0 Å². The molecule has 0 bridgehead atoms. The lowest BCUT2D eigenvalue weighted by Gasteiger charge is -2.36. The average Bonchev–Trinajstić information content (AvgIpc) is 3.15. The van der Waals surface area contributed by atoms with Crippen molar-refractivity contribution in [2.24, 2.45) is 10.9 Å². The third-order valence-electron chi connectivity index (χ3n) is 5.71. The number of amidine groups is 2. The van der Waals surface area contributed by atoms with Gasteiger partial charge in [0.15, 0.2) is 5.17 Å². The van der Waals surface area contributed by atoms with Gasteiger partial charge in [0.05, 0.1) is 11.6 Å². The van der Waals surface area contributed by atoms with Crippen LogP contribution in [0.2, 0.25) is 5.02 Å². The molecular formula is C22H22ClN7OS. The van der Waals surface area contributed by atoms with Crippen molar-refractivity contribution in [3.63, 3.8) is 0 Å². The SMILES string of the molecule is Cc1cc(N2C(=N)C3C(C)NNC3N=C2SCc2cc(=O)n3ccccc3n2)ccc1Cl. The monoisotopic (exact) mass is 467 g/mol. The van der Waals surface area contributed by atoms with Gasteiger partial charge in [-0.1, -0.05) is 29.4 Å². The van der Waals surface area contributed by atoms with Gasteiger partial charge in [-0.25, -0.2) is 15.4 Å². The van der Waals surface area contributed by atoms with E-state index in [2.05, 4.69) is 15.8 Å². The number of nitrogens with zero attached hydrogens (tertiary/aromatic N) is 4. The third kappa shape index (κ3) is 3.71. The number of fused-ring (bicyclic) bond motifs is 2. The minimum absolute atomic E-state index is 0.0703. The van der Waals surface area contributed by atoms with Crippen molar-refractivity contribution in [3.05, 3.63) is 75.3 Å². The summed E-state index contributed by atoms with van der Waals surface area (Å²) in [6, 6.07) is 12.8. The molecule has 2 aliphatic heterocycles.